The van der Waals surface area contributed by atoms with Gasteiger partial charge in [-0.15, -0.1) is 11.3 Å². The maximum absolute atomic E-state index is 5.31. The van der Waals surface area contributed by atoms with E-state index in [9.17, 15) is 0 Å². The van der Waals surface area contributed by atoms with Crippen LogP contribution in [0.1, 0.15) is 22.3 Å². The van der Waals surface area contributed by atoms with E-state index in [0.717, 1.165) is 22.3 Å². The predicted octanol–water partition coefficient (Wildman–Crippen LogP) is 14.9. The van der Waals surface area contributed by atoms with Crippen LogP contribution in [0.2, 0.25) is 0 Å². The Labute approximate surface area is 363 Å². The summed E-state index contributed by atoms with van der Waals surface area (Å²) in [6, 6.07) is 76.9. The van der Waals surface area contributed by atoms with Crippen molar-refractivity contribution < 1.29 is 0 Å². The molecule has 9 aromatic carbocycles. The van der Waals surface area contributed by atoms with Gasteiger partial charge >= 0.3 is 0 Å². The zero-order valence-electron chi connectivity index (χ0n) is 33.5. The summed E-state index contributed by atoms with van der Waals surface area (Å²) in [7, 11) is 0. The SMILES string of the molecule is c1ccc(-c2ccc(-c3nc(-c4ccccc4)nc(-c4ccc5c(c4)C4(c6ccccc6-c6ccccc6-5)c5ccccc5-c5c4ccc4c5sc5ccccc54)n3)cc2)cc1. The molecule has 1 atom stereocenters. The van der Waals surface area contributed by atoms with Gasteiger partial charge in [0, 0.05) is 42.4 Å². The third kappa shape index (κ3) is 5.08. The maximum atomic E-state index is 5.31. The lowest BCUT2D eigenvalue weighted by molar-refractivity contribution is 0.776. The second kappa shape index (κ2) is 13.6. The van der Waals surface area contributed by atoms with Crippen LogP contribution >= 0.6 is 11.3 Å². The van der Waals surface area contributed by atoms with Gasteiger partial charge in [-0.2, -0.15) is 0 Å². The van der Waals surface area contributed by atoms with Crippen LogP contribution in [-0.2, 0) is 5.41 Å². The van der Waals surface area contributed by atoms with Crippen LogP contribution in [0.15, 0.2) is 212 Å². The molecule has 2 heterocycles. The van der Waals surface area contributed by atoms with Crippen molar-refractivity contribution in [2.75, 3.05) is 0 Å². The first-order valence-electron chi connectivity index (χ1n) is 21.1. The largest absolute Gasteiger partial charge is 0.208 e. The van der Waals surface area contributed by atoms with Gasteiger partial charge in [-0.25, -0.2) is 15.0 Å². The Hall–Kier alpha value is -7.79. The minimum atomic E-state index is -0.650. The number of hydrogen-bond donors (Lipinski definition) is 0. The van der Waals surface area contributed by atoms with Gasteiger partial charge in [0.25, 0.3) is 0 Å². The van der Waals surface area contributed by atoms with Gasteiger partial charge in [0.1, 0.15) is 0 Å². The molecule has 13 rings (SSSR count). The quantitative estimate of drug-likeness (QED) is 0.178. The van der Waals surface area contributed by atoms with Crippen LogP contribution in [-0.4, -0.2) is 15.0 Å². The molecule has 0 aliphatic heterocycles. The van der Waals surface area contributed by atoms with Crippen molar-refractivity contribution in [1.29, 1.82) is 0 Å². The highest BCUT2D eigenvalue weighted by molar-refractivity contribution is 7.26. The molecule has 0 saturated heterocycles. The lowest BCUT2D eigenvalue weighted by atomic mass is 9.65. The van der Waals surface area contributed by atoms with Crippen LogP contribution < -0.4 is 0 Å². The number of rotatable bonds is 4. The summed E-state index contributed by atoms with van der Waals surface area (Å²) < 4.78 is 2.64. The standard InChI is InChI=1S/C58H35N3S/c1-3-15-36(16-4-1)37-27-29-39(30-28-37)56-59-55(38-17-5-2-6-18-38)60-57(61-56)40-31-32-44-42-20-8-7-19-41(42)43-21-9-12-24-48(43)58(51(44)35-40)49-25-13-10-23-47(49)53-50(58)34-33-46-45-22-11-14-26-52(45)62-54(46)53/h1-35H. The minimum Gasteiger partial charge on any atom is -0.208 e. The van der Waals surface area contributed by atoms with Gasteiger partial charge < -0.3 is 0 Å². The summed E-state index contributed by atoms with van der Waals surface area (Å²) >= 11 is 1.90. The van der Waals surface area contributed by atoms with Crippen molar-refractivity contribution in [3.63, 3.8) is 0 Å². The molecular weight excluding hydrogens is 771 g/mol. The number of nitrogens with zero attached hydrogens (tertiary/aromatic N) is 3. The highest BCUT2D eigenvalue weighted by atomic mass is 32.1. The Morgan fingerprint density at radius 1 is 0.306 bits per heavy atom. The molecule has 4 heteroatoms. The van der Waals surface area contributed by atoms with E-state index in [-0.39, 0.29) is 0 Å². The Balaban J connectivity index is 1.10. The molecule has 1 spiro atoms. The first kappa shape index (κ1) is 35.0. The molecule has 2 aliphatic rings. The van der Waals surface area contributed by atoms with Crippen LogP contribution in [0.4, 0.5) is 0 Å². The molecule has 0 fully saturated rings. The molecule has 3 nitrogen and oxygen atoms in total. The molecule has 0 saturated carbocycles. The Kier molecular flexibility index (Phi) is 7.69. The molecule has 62 heavy (non-hydrogen) atoms. The van der Waals surface area contributed by atoms with Gasteiger partial charge in [0.2, 0.25) is 0 Å². The van der Waals surface area contributed by atoms with Crippen molar-refractivity contribution in [2.45, 2.75) is 5.41 Å². The van der Waals surface area contributed by atoms with E-state index >= 15 is 0 Å². The Morgan fingerprint density at radius 3 is 1.50 bits per heavy atom. The van der Waals surface area contributed by atoms with Crippen molar-refractivity contribution in [2.24, 2.45) is 0 Å². The fraction of sp³-hybridized carbons (Fsp3) is 0.0172. The highest BCUT2D eigenvalue weighted by Crippen LogP contribution is 2.63. The van der Waals surface area contributed by atoms with Gasteiger partial charge in [0.15, 0.2) is 17.5 Å². The maximum Gasteiger partial charge on any atom is 0.164 e. The number of aromatic nitrogens is 3. The van der Waals surface area contributed by atoms with Crippen LogP contribution in [0.3, 0.4) is 0 Å². The molecule has 2 aliphatic carbocycles. The number of benzene rings is 9. The first-order chi connectivity index (χ1) is 30.7. The number of fused-ring (bicyclic) bond motifs is 16. The van der Waals surface area contributed by atoms with Crippen LogP contribution in [0, 0.1) is 0 Å². The van der Waals surface area contributed by atoms with Crippen molar-refractivity contribution >= 4 is 31.5 Å². The van der Waals surface area contributed by atoms with E-state index in [1.165, 1.54) is 81.4 Å². The average Bonchev–Trinajstić information content (AvgIpc) is 3.85. The number of thiophene rings is 1. The Morgan fingerprint density at radius 2 is 0.790 bits per heavy atom. The molecule has 11 aromatic rings. The van der Waals surface area contributed by atoms with Gasteiger partial charge in [0.05, 0.1) is 5.41 Å². The lowest BCUT2D eigenvalue weighted by Crippen LogP contribution is -2.29. The molecule has 0 N–H and O–H groups in total. The fourth-order valence-corrected chi connectivity index (χ4v) is 11.6. The minimum absolute atomic E-state index is 0.635. The summed E-state index contributed by atoms with van der Waals surface area (Å²) in [6.07, 6.45) is 0. The van der Waals surface area contributed by atoms with Gasteiger partial charge in [-0.3, -0.25) is 0 Å². The van der Waals surface area contributed by atoms with E-state index < -0.39 is 5.41 Å². The monoisotopic (exact) mass is 805 g/mol. The highest BCUT2D eigenvalue weighted by Gasteiger charge is 2.50. The Bertz CT molecular complexity index is 3570. The van der Waals surface area contributed by atoms with Gasteiger partial charge in [-0.05, 0) is 73.3 Å². The van der Waals surface area contributed by atoms with E-state index in [1.807, 2.05) is 35.6 Å². The summed E-state index contributed by atoms with van der Waals surface area (Å²) in [5, 5.41) is 2.61. The normalized spacial score (nSPS) is 14.5. The van der Waals surface area contributed by atoms with Crippen molar-refractivity contribution in [3.05, 3.63) is 235 Å². The average molecular weight is 806 g/mol. The van der Waals surface area contributed by atoms with Crippen molar-refractivity contribution in [3.8, 4) is 78.7 Å². The summed E-state index contributed by atoms with van der Waals surface area (Å²) in [6.45, 7) is 0. The zero-order chi connectivity index (χ0) is 40.8. The smallest absolute Gasteiger partial charge is 0.164 e. The molecule has 0 bridgehead atoms. The predicted molar refractivity (Wildman–Crippen MR) is 256 cm³/mol. The molecule has 288 valence electrons. The second-order valence-corrected chi connectivity index (χ2v) is 17.3. The van der Waals surface area contributed by atoms with Gasteiger partial charge in [-0.1, -0.05) is 200 Å². The van der Waals surface area contributed by atoms with E-state index in [2.05, 4.69) is 188 Å². The van der Waals surface area contributed by atoms with Crippen molar-refractivity contribution in [1.82, 2.24) is 15.0 Å². The molecular formula is C58H35N3S. The van der Waals surface area contributed by atoms with Crippen LogP contribution in [0.25, 0.3) is 98.8 Å². The second-order valence-electron chi connectivity index (χ2n) is 16.2. The van der Waals surface area contributed by atoms with Crippen LogP contribution in [0.5, 0.6) is 0 Å². The summed E-state index contributed by atoms with van der Waals surface area (Å²) in [5.74, 6) is 1.91. The molecule has 1 unspecified atom stereocenters. The third-order valence-corrected chi connectivity index (χ3v) is 14.2. The number of hydrogen-bond acceptors (Lipinski definition) is 4. The first-order valence-corrected chi connectivity index (χ1v) is 21.9. The molecule has 2 aromatic heterocycles. The summed E-state index contributed by atoms with van der Waals surface area (Å²) in [4.78, 5) is 15.7. The summed E-state index contributed by atoms with van der Waals surface area (Å²) in [5.41, 5.74) is 17.1. The topological polar surface area (TPSA) is 38.7 Å². The fourth-order valence-electron chi connectivity index (χ4n) is 10.3. The van der Waals surface area contributed by atoms with E-state index in [4.69, 9.17) is 15.0 Å². The van der Waals surface area contributed by atoms with E-state index in [1.54, 1.807) is 0 Å². The zero-order valence-corrected chi connectivity index (χ0v) is 34.3. The third-order valence-electron chi connectivity index (χ3n) is 13.0. The molecule has 0 amide bonds. The molecule has 0 radical (unpaired) electrons. The van der Waals surface area contributed by atoms with E-state index in [0.29, 0.717) is 17.5 Å². The lowest BCUT2D eigenvalue weighted by Gasteiger charge is -2.35.